The van der Waals surface area contributed by atoms with Gasteiger partial charge in [-0.3, -0.25) is 0 Å². The van der Waals surface area contributed by atoms with E-state index in [1.165, 1.54) is 7.11 Å². The monoisotopic (exact) mass is 272 g/mol. The maximum atomic E-state index is 11.5. The molecule has 0 spiro atoms. The Morgan fingerprint density at radius 2 is 2.00 bits per heavy atom. The molecular weight excluding hydrogens is 252 g/mol. The van der Waals surface area contributed by atoms with Crippen LogP contribution in [0.2, 0.25) is 0 Å². The lowest BCUT2D eigenvalue weighted by molar-refractivity contribution is -0.144. The topological polar surface area (TPSA) is 97.6 Å². The van der Waals surface area contributed by atoms with Gasteiger partial charge in [0.05, 0.1) is 32.8 Å². The molecule has 7 nitrogen and oxygen atoms in total. The number of nitriles is 1. The summed E-state index contributed by atoms with van der Waals surface area (Å²) in [5.41, 5.74) is -0.660. The van der Waals surface area contributed by atoms with Gasteiger partial charge < -0.3 is 19.5 Å². The molecule has 0 rings (SSSR count). The van der Waals surface area contributed by atoms with E-state index in [-0.39, 0.29) is 19.6 Å². The molecule has 0 saturated carbocycles. The van der Waals surface area contributed by atoms with Gasteiger partial charge in [-0.15, -0.1) is 0 Å². The first kappa shape index (κ1) is 17.2. The highest BCUT2D eigenvalue weighted by Crippen LogP contribution is 2.07. The molecule has 0 aromatic rings. The lowest BCUT2D eigenvalue weighted by Gasteiger charge is -2.22. The summed E-state index contributed by atoms with van der Waals surface area (Å²) in [4.78, 5) is 23.0. The van der Waals surface area contributed by atoms with Gasteiger partial charge in [0.25, 0.3) is 0 Å². The number of esters is 1. The largest absolute Gasteiger partial charge is 0.467 e. The maximum absolute atomic E-state index is 11.5. The normalized spacial score (nSPS) is 12.2. The Morgan fingerprint density at radius 3 is 2.47 bits per heavy atom. The summed E-state index contributed by atoms with van der Waals surface area (Å²) in [5, 5.41) is 10.7. The van der Waals surface area contributed by atoms with Gasteiger partial charge >= 0.3 is 12.1 Å². The molecule has 0 aromatic carbocycles. The number of hydrogen-bond acceptors (Lipinski definition) is 6. The SMILES string of the molecule is COC(=O)[C@H](COCCC#N)NC(=O)OC(C)(C)C. The highest BCUT2D eigenvalue weighted by Gasteiger charge is 2.25. The molecule has 0 saturated heterocycles. The number of alkyl carbamates (subject to hydrolysis) is 1. The third-order valence-electron chi connectivity index (χ3n) is 1.82. The quantitative estimate of drug-likeness (QED) is 0.572. The van der Waals surface area contributed by atoms with E-state index in [9.17, 15) is 9.59 Å². The third-order valence-corrected chi connectivity index (χ3v) is 1.82. The highest BCUT2D eigenvalue weighted by atomic mass is 16.6. The van der Waals surface area contributed by atoms with Crippen molar-refractivity contribution in [3.05, 3.63) is 0 Å². The fraction of sp³-hybridized carbons (Fsp3) is 0.750. The van der Waals surface area contributed by atoms with Crippen LogP contribution in [0.25, 0.3) is 0 Å². The summed E-state index contributed by atoms with van der Waals surface area (Å²) < 4.78 is 14.7. The molecule has 0 aliphatic carbocycles. The standard InChI is InChI=1S/C12H20N2O5/c1-12(2,3)19-11(16)14-9(10(15)17-4)8-18-7-5-6-13/h9H,5,7-8H2,1-4H3,(H,14,16)/t9-/m0/s1. The van der Waals surface area contributed by atoms with E-state index in [1.54, 1.807) is 20.8 Å². The van der Waals surface area contributed by atoms with Crippen molar-refractivity contribution < 1.29 is 23.8 Å². The van der Waals surface area contributed by atoms with Crippen LogP contribution in [0.4, 0.5) is 4.79 Å². The predicted molar refractivity (Wildman–Crippen MR) is 66.2 cm³/mol. The van der Waals surface area contributed by atoms with E-state index in [1.807, 2.05) is 6.07 Å². The molecule has 0 unspecified atom stereocenters. The molecule has 19 heavy (non-hydrogen) atoms. The van der Waals surface area contributed by atoms with Gasteiger partial charge in [0.1, 0.15) is 5.60 Å². The summed E-state index contributed by atoms with van der Waals surface area (Å²) in [5.74, 6) is -0.636. The van der Waals surface area contributed by atoms with Crippen molar-refractivity contribution in [1.29, 1.82) is 5.26 Å². The van der Waals surface area contributed by atoms with Crippen LogP contribution < -0.4 is 5.32 Å². The van der Waals surface area contributed by atoms with E-state index in [4.69, 9.17) is 14.7 Å². The van der Waals surface area contributed by atoms with Crippen molar-refractivity contribution in [2.75, 3.05) is 20.3 Å². The van der Waals surface area contributed by atoms with Crippen molar-refractivity contribution >= 4 is 12.1 Å². The minimum Gasteiger partial charge on any atom is -0.467 e. The third kappa shape index (κ3) is 8.85. The second-order valence-electron chi connectivity index (χ2n) is 4.71. The molecule has 7 heteroatoms. The van der Waals surface area contributed by atoms with Gasteiger partial charge in [-0.2, -0.15) is 5.26 Å². The van der Waals surface area contributed by atoms with Crippen molar-refractivity contribution in [3.8, 4) is 6.07 Å². The fourth-order valence-electron chi connectivity index (χ4n) is 1.08. The van der Waals surface area contributed by atoms with Crippen LogP contribution in [0.15, 0.2) is 0 Å². The lowest BCUT2D eigenvalue weighted by atomic mass is 10.2. The summed E-state index contributed by atoms with van der Waals surface area (Å²) in [6.07, 6.45) is -0.521. The van der Waals surface area contributed by atoms with E-state index in [0.29, 0.717) is 0 Å². The van der Waals surface area contributed by atoms with Gasteiger partial charge in [-0.25, -0.2) is 9.59 Å². The summed E-state index contributed by atoms with van der Waals surface area (Å²) in [6, 6.07) is 0.944. The second-order valence-corrected chi connectivity index (χ2v) is 4.71. The Balaban J connectivity index is 4.32. The molecule has 1 N–H and O–H groups in total. The Hall–Kier alpha value is -1.81. The molecule has 1 amide bonds. The first-order valence-corrected chi connectivity index (χ1v) is 5.82. The molecule has 0 fully saturated rings. The molecule has 0 aliphatic rings. The Kier molecular flexibility index (Phi) is 7.53. The summed E-state index contributed by atoms with van der Waals surface area (Å²) in [7, 11) is 1.21. The molecule has 0 radical (unpaired) electrons. The average Bonchev–Trinajstić information content (AvgIpc) is 2.29. The van der Waals surface area contributed by atoms with Crippen LogP contribution >= 0.6 is 0 Å². The number of rotatable bonds is 6. The number of nitrogens with zero attached hydrogens (tertiary/aromatic N) is 1. The van der Waals surface area contributed by atoms with Gasteiger partial charge in [0.2, 0.25) is 0 Å². The number of nitrogens with one attached hydrogen (secondary N) is 1. The molecule has 0 heterocycles. The van der Waals surface area contributed by atoms with Crippen LogP contribution in [0.1, 0.15) is 27.2 Å². The van der Waals surface area contributed by atoms with Crippen molar-refractivity contribution in [3.63, 3.8) is 0 Å². The maximum Gasteiger partial charge on any atom is 0.408 e. The number of methoxy groups -OCH3 is 1. The van der Waals surface area contributed by atoms with Crippen LogP contribution in [0.5, 0.6) is 0 Å². The van der Waals surface area contributed by atoms with Crippen molar-refractivity contribution in [2.24, 2.45) is 0 Å². The van der Waals surface area contributed by atoms with Crippen molar-refractivity contribution in [2.45, 2.75) is 38.8 Å². The van der Waals surface area contributed by atoms with Crippen LogP contribution in [-0.4, -0.2) is 44.0 Å². The molecule has 0 bridgehead atoms. The number of ether oxygens (including phenoxy) is 3. The average molecular weight is 272 g/mol. The molecule has 108 valence electrons. The second kappa shape index (κ2) is 8.32. The Morgan fingerprint density at radius 1 is 1.37 bits per heavy atom. The minimum absolute atomic E-state index is 0.0758. The van der Waals surface area contributed by atoms with Gasteiger partial charge in [-0.05, 0) is 20.8 Å². The number of amides is 1. The van der Waals surface area contributed by atoms with E-state index in [0.717, 1.165) is 0 Å². The Bertz CT molecular complexity index is 343. The van der Waals surface area contributed by atoms with E-state index < -0.39 is 23.7 Å². The molecule has 0 aliphatic heterocycles. The first-order chi connectivity index (χ1) is 8.80. The zero-order valence-corrected chi connectivity index (χ0v) is 11.7. The van der Waals surface area contributed by atoms with Crippen LogP contribution in [0.3, 0.4) is 0 Å². The van der Waals surface area contributed by atoms with Gasteiger partial charge in [0.15, 0.2) is 6.04 Å². The number of hydrogen-bond donors (Lipinski definition) is 1. The zero-order valence-electron chi connectivity index (χ0n) is 11.7. The Labute approximate surface area is 112 Å². The molecular formula is C12H20N2O5. The fourth-order valence-corrected chi connectivity index (χ4v) is 1.08. The number of carbonyl (C=O) groups excluding carboxylic acids is 2. The highest BCUT2D eigenvalue weighted by molar-refractivity contribution is 5.81. The van der Waals surface area contributed by atoms with E-state index in [2.05, 4.69) is 10.1 Å². The zero-order chi connectivity index (χ0) is 14.9. The van der Waals surface area contributed by atoms with Crippen molar-refractivity contribution in [1.82, 2.24) is 5.32 Å². The smallest absolute Gasteiger partial charge is 0.408 e. The van der Waals surface area contributed by atoms with Gasteiger partial charge in [-0.1, -0.05) is 0 Å². The first-order valence-electron chi connectivity index (χ1n) is 5.82. The van der Waals surface area contributed by atoms with E-state index >= 15 is 0 Å². The van der Waals surface area contributed by atoms with Crippen LogP contribution in [0, 0.1) is 11.3 Å². The van der Waals surface area contributed by atoms with Crippen LogP contribution in [-0.2, 0) is 19.0 Å². The summed E-state index contributed by atoms with van der Waals surface area (Å²) in [6.45, 7) is 5.24. The predicted octanol–water partition coefficient (Wildman–Crippen LogP) is 0.983. The molecule has 1 atom stereocenters. The number of carbonyl (C=O) groups is 2. The molecule has 0 aromatic heterocycles. The lowest BCUT2D eigenvalue weighted by Crippen LogP contribution is -2.46. The summed E-state index contributed by atoms with van der Waals surface area (Å²) >= 11 is 0. The minimum atomic E-state index is -0.960. The van der Waals surface area contributed by atoms with Gasteiger partial charge in [0, 0.05) is 0 Å².